The molecule has 3 nitrogen and oxygen atoms in total. The summed E-state index contributed by atoms with van der Waals surface area (Å²) in [4.78, 5) is 4.60. The van der Waals surface area contributed by atoms with Gasteiger partial charge in [-0.15, -0.1) is 0 Å². The molecule has 4 heteroatoms. The van der Waals surface area contributed by atoms with Crippen molar-refractivity contribution in [2.45, 2.75) is 40.0 Å². The molecular formula is C13H18ClN3. The van der Waals surface area contributed by atoms with Gasteiger partial charge in [0.05, 0.1) is 5.69 Å². The normalized spacial score (nSPS) is 11.6. The van der Waals surface area contributed by atoms with Crippen molar-refractivity contribution in [2.24, 2.45) is 5.92 Å². The van der Waals surface area contributed by atoms with E-state index in [1.165, 1.54) is 0 Å². The molecule has 0 atom stereocenters. The third kappa shape index (κ3) is 2.78. The van der Waals surface area contributed by atoms with Crippen LogP contribution in [-0.4, -0.2) is 14.6 Å². The molecule has 0 aliphatic rings. The molecule has 2 aromatic heterocycles. The van der Waals surface area contributed by atoms with E-state index in [9.17, 15) is 0 Å². The number of fused-ring (bicyclic) bond motifs is 1. The number of aryl methyl sites for hydroxylation is 1. The first-order chi connectivity index (χ1) is 8.10. The lowest BCUT2D eigenvalue weighted by molar-refractivity contribution is 0.634. The maximum atomic E-state index is 6.22. The van der Waals surface area contributed by atoms with Gasteiger partial charge in [-0.2, -0.15) is 5.10 Å². The van der Waals surface area contributed by atoms with Crippen LogP contribution in [0.5, 0.6) is 0 Å². The van der Waals surface area contributed by atoms with E-state index in [2.05, 4.69) is 30.9 Å². The Balaban J connectivity index is 2.42. The van der Waals surface area contributed by atoms with Gasteiger partial charge in [0.15, 0.2) is 5.65 Å². The molecule has 0 bridgehead atoms. The zero-order valence-electron chi connectivity index (χ0n) is 10.6. The van der Waals surface area contributed by atoms with E-state index in [-0.39, 0.29) is 0 Å². The van der Waals surface area contributed by atoms with Gasteiger partial charge in [0, 0.05) is 11.8 Å². The minimum Gasteiger partial charge on any atom is -0.233 e. The van der Waals surface area contributed by atoms with Crippen molar-refractivity contribution in [1.29, 1.82) is 0 Å². The fourth-order valence-corrected chi connectivity index (χ4v) is 2.19. The van der Waals surface area contributed by atoms with Crippen LogP contribution in [0.4, 0.5) is 0 Å². The Morgan fingerprint density at radius 2 is 2.06 bits per heavy atom. The third-order valence-electron chi connectivity index (χ3n) is 2.61. The molecule has 0 aliphatic heterocycles. The number of rotatable bonds is 4. The van der Waals surface area contributed by atoms with Crippen LogP contribution in [0.25, 0.3) is 5.65 Å². The molecule has 0 saturated heterocycles. The lowest BCUT2D eigenvalue weighted by atomic mass is 10.1. The van der Waals surface area contributed by atoms with Crippen molar-refractivity contribution >= 4 is 17.2 Å². The monoisotopic (exact) mass is 251 g/mol. The van der Waals surface area contributed by atoms with E-state index in [1.807, 2.05) is 12.1 Å². The van der Waals surface area contributed by atoms with E-state index < -0.39 is 0 Å². The molecule has 0 aliphatic carbocycles. The van der Waals surface area contributed by atoms with Crippen molar-refractivity contribution in [3.05, 3.63) is 28.7 Å². The first kappa shape index (κ1) is 12.4. The first-order valence-corrected chi connectivity index (χ1v) is 6.52. The lowest BCUT2D eigenvalue weighted by Crippen LogP contribution is -2.01. The van der Waals surface area contributed by atoms with E-state index in [1.54, 1.807) is 4.52 Å². The fraction of sp³-hybridized carbons (Fsp3) is 0.538. The highest BCUT2D eigenvalue weighted by atomic mass is 35.5. The largest absolute Gasteiger partial charge is 0.233 e. The summed E-state index contributed by atoms with van der Waals surface area (Å²) in [6, 6.07) is 3.94. The average Bonchev–Trinajstić information content (AvgIpc) is 2.60. The molecule has 0 unspecified atom stereocenters. The Morgan fingerprint density at radius 3 is 2.71 bits per heavy atom. The molecule has 0 N–H and O–H groups in total. The van der Waals surface area contributed by atoms with Crippen LogP contribution in [0.3, 0.4) is 0 Å². The van der Waals surface area contributed by atoms with Gasteiger partial charge in [-0.25, -0.2) is 9.50 Å². The van der Waals surface area contributed by atoms with Crippen molar-refractivity contribution < 1.29 is 0 Å². The van der Waals surface area contributed by atoms with Gasteiger partial charge >= 0.3 is 0 Å². The Kier molecular flexibility index (Phi) is 3.67. The summed E-state index contributed by atoms with van der Waals surface area (Å²) < 4.78 is 1.72. The van der Waals surface area contributed by atoms with Crippen LogP contribution in [-0.2, 0) is 12.8 Å². The lowest BCUT2D eigenvalue weighted by Gasteiger charge is -2.05. The maximum Gasteiger partial charge on any atom is 0.157 e. The van der Waals surface area contributed by atoms with Gasteiger partial charge in [-0.05, 0) is 24.8 Å². The molecule has 2 rings (SSSR count). The molecule has 0 saturated carbocycles. The predicted octanol–water partition coefficient (Wildman–Crippen LogP) is 3.53. The van der Waals surface area contributed by atoms with Gasteiger partial charge in [0.2, 0.25) is 0 Å². The van der Waals surface area contributed by atoms with Crippen LogP contribution in [0.1, 0.15) is 38.6 Å². The predicted molar refractivity (Wildman–Crippen MR) is 70.5 cm³/mol. The first-order valence-electron chi connectivity index (χ1n) is 6.14. The van der Waals surface area contributed by atoms with E-state index >= 15 is 0 Å². The van der Waals surface area contributed by atoms with Gasteiger partial charge in [-0.1, -0.05) is 38.8 Å². The number of hydrogen-bond donors (Lipinski definition) is 0. The van der Waals surface area contributed by atoms with E-state index in [4.69, 9.17) is 11.6 Å². The van der Waals surface area contributed by atoms with E-state index in [0.717, 1.165) is 36.3 Å². The number of nitrogens with zero attached hydrogens (tertiary/aromatic N) is 3. The zero-order chi connectivity index (χ0) is 12.4. The molecule has 0 spiro atoms. The molecule has 2 heterocycles. The standard InChI is InChI=1S/C13H18ClN3/c1-4-5-10-8-13-15-11(6-9(2)3)7-12(14)17(13)16-10/h7-9H,4-6H2,1-3H3. The minimum atomic E-state index is 0.582. The molecule has 0 aromatic carbocycles. The van der Waals surface area contributed by atoms with Gasteiger partial charge in [0.25, 0.3) is 0 Å². The number of halogens is 1. The summed E-state index contributed by atoms with van der Waals surface area (Å²) in [6.45, 7) is 6.50. The summed E-state index contributed by atoms with van der Waals surface area (Å²) in [5, 5.41) is 5.09. The average molecular weight is 252 g/mol. The van der Waals surface area contributed by atoms with Gasteiger partial charge in [0.1, 0.15) is 5.15 Å². The SMILES string of the molecule is CCCc1cc2nc(CC(C)C)cc(Cl)n2n1. The Bertz CT molecular complexity index is 517. The number of hydrogen-bond acceptors (Lipinski definition) is 2. The molecule has 2 aromatic rings. The summed E-state index contributed by atoms with van der Waals surface area (Å²) in [5.41, 5.74) is 2.96. The molecule has 0 amide bonds. The Morgan fingerprint density at radius 1 is 1.29 bits per heavy atom. The zero-order valence-corrected chi connectivity index (χ0v) is 11.3. The molecule has 17 heavy (non-hydrogen) atoms. The van der Waals surface area contributed by atoms with Gasteiger partial charge < -0.3 is 0 Å². The molecule has 0 radical (unpaired) electrons. The molecular weight excluding hydrogens is 234 g/mol. The third-order valence-corrected chi connectivity index (χ3v) is 2.88. The van der Waals surface area contributed by atoms with E-state index in [0.29, 0.717) is 11.1 Å². The molecule has 92 valence electrons. The van der Waals surface area contributed by atoms with Crippen molar-refractivity contribution in [3.63, 3.8) is 0 Å². The Labute approximate surface area is 107 Å². The van der Waals surface area contributed by atoms with Crippen LogP contribution in [0.2, 0.25) is 5.15 Å². The van der Waals surface area contributed by atoms with Crippen LogP contribution >= 0.6 is 11.6 Å². The van der Waals surface area contributed by atoms with Gasteiger partial charge in [-0.3, -0.25) is 0 Å². The second kappa shape index (κ2) is 5.05. The van der Waals surface area contributed by atoms with Crippen LogP contribution in [0, 0.1) is 5.92 Å². The highest BCUT2D eigenvalue weighted by Gasteiger charge is 2.08. The summed E-state index contributed by atoms with van der Waals surface area (Å²) in [7, 11) is 0. The van der Waals surface area contributed by atoms with Crippen molar-refractivity contribution in [2.75, 3.05) is 0 Å². The number of aromatic nitrogens is 3. The second-order valence-corrected chi connectivity index (χ2v) is 5.21. The van der Waals surface area contributed by atoms with Crippen molar-refractivity contribution in [1.82, 2.24) is 14.6 Å². The van der Waals surface area contributed by atoms with Crippen molar-refractivity contribution in [3.8, 4) is 0 Å². The topological polar surface area (TPSA) is 30.2 Å². The minimum absolute atomic E-state index is 0.582. The molecule has 0 fully saturated rings. The second-order valence-electron chi connectivity index (χ2n) is 4.82. The highest BCUT2D eigenvalue weighted by Crippen LogP contribution is 2.17. The fourth-order valence-electron chi connectivity index (χ4n) is 1.93. The summed E-state index contributed by atoms with van der Waals surface area (Å²) in [6.07, 6.45) is 3.00. The van der Waals surface area contributed by atoms with Crippen LogP contribution < -0.4 is 0 Å². The maximum absolute atomic E-state index is 6.22. The summed E-state index contributed by atoms with van der Waals surface area (Å²) in [5.74, 6) is 0.582. The highest BCUT2D eigenvalue weighted by molar-refractivity contribution is 6.29. The smallest absolute Gasteiger partial charge is 0.157 e. The Hall–Kier alpha value is -1.09. The quantitative estimate of drug-likeness (QED) is 0.778. The van der Waals surface area contributed by atoms with Crippen LogP contribution in [0.15, 0.2) is 12.1 Å². The summed E-state index contributed by atoms with van der Waals surface area (Å²) >= 11 is 6.22.